The van der Waals surface area contributed by atoms with Crippen LogP contribution in [-0.4, -0.2) is 32.6 Å². The maximum Gasteiger partial charge on any atom is 0.200 e. The first-order chi connectivity index (χ1) is 15.6. The van der Waals surface area contributed by atoms with Crippen LogP contribution in [0.2, 0.25) is 0 Å². The Bertz CT molecular complexity index is 876. The van der Waals surface area contributed by atoms with E-state index in [0.717, 1.165) is 9.79 Å². The third-order valence-electron chi connectivity index (χ3n) is 3.93. The topological polar surface area (TPSA) is 77.4 Å². The highest BCUT2D eigenvalue weighted by atomic mass is 32.2. The van der Waals surface area contributed by atoms with E-state index in [1.54, 1.807) is 24.3 Å². The molecule has 0 aliphatic heterocycles. The number of hydrogen-bond acceptors (Lipinski definition) is 7. The van der Waals surface area contributed by atoms with Gasteiger partial charge in [-0.15, -0.1) is 0 Å². The zero-order chi connectivity index (χ0) is 27.0. The average Bonchev–Trinajstić information content (AvgIpc) is 2.58. The first kappa shape index (κ1) is 28.8. The minimum atomic E-state index is -0.514. The molecule has 0 spiro atoms. The Kier molecular flexibility index (Phi) is 8.17. The Morgan fingerprint density at radius 3 is 0.829 bits per heavy atom. The summed E-state index contributed by atoms with van der Waals surface area (Å²) in [5.74, 6) is 1.24. The number of benzene rings is 2. The van der Waals surface area contributed by atoms with Crippen molar-refractivity contribution in [3.63, 3.8) is 0 Å². The van der Waals surface area contributed by atoms with Gasteiger partial charge in [0.15, 0.2) is 23.0 Å². The summed E-state index contributed by atoms with van der Waals surface area (Å²) < 4.78 is 24.1. The van der Waals surface area contributed by atoms with E-state index in [9.17, 15) is 10.2 Å². The molecule has 0 unspecified atom stereocenters. The summed E-state index contributed by atoms with van der Waals surface area (Å²) in [6.07, 6.45) is 0. The summed E-state index contributed by atoms with van der Waals surface area (Å²) in [5, 5.41) is 21.7. The fourth-order valence-electron chi connectivity index (χ4n) is 3.00. The summed E-state index contributed by atoms with van der Waals surface area (Å²) in [6, 6.07) is 7.12. The monoisotopic (exact) mass is 506 g/mol. The number of ether oxygens (including phenoxy) is 4. The van der Waals surface area contributed by atoms with E-state index in [2.05, 4.69) is 0 Å². The van der Waals surface area contributed by atoms with Crippen LogP contribution in [0.15, 0.2) is 34.1 Å². The largest absolute Gasteiger partial charge is 0.502 e. The van der Waals surface area contributed by atoms with Crippen molar-refractivity contribution >= 4 is 11.8 Å². The van der Waals surface area contributed by atoms with Crippen LogP contribution in [0.3, 0.4) is 0 Å². The second-order valence-corrected chi connectivity index (χ2v) is 13.6. The van der Waals surface area contributed by atoms with Crippen molar-refractivity contribution in [2.24, 2.45) is 0 Å². The SMILES string of the molecule is CC(C)(C)Oc1cc(Sc2cc(OC(C)(C)C)c(O)c(OC(C)(C)C)c2)cc(OC(C)(C)C)c1O. The lowest BCUT2D eigenvalue weighted by Gasteiger charge is -2.27. The maximum atomic E-state index is 10.9. The summed E-state index contributed by atoms with van der Waals surface area (Å²) in [6.45, 7) is 23.0. The highest BCUT2D eigenvalue weighted by Crippen LogP contribution is 2.48. The van der Waals surface area contributed by atoms with E-state index in [4.69, 9.17) is 18.9 Å². The van der Waals surface area contributed by atoms with E-state index in [1.807, 2.05) is 83.1 Å². The molecule has 0 radical (unpaired) electrons. The first-order valence-corrected chi connectivity index (χ1v) is 12.6. The molecule has 0 bridgehead atoms. The molecule has 6 nitrogen and oxygen atoms in total. The van der Waals surface area contributed by atoms with E-state index < -0.39 is 22.4 Å². The molecule has 35 heavy (non-hydrogen) atoms. The van der Waals surface area contributed by atoms with E-state index in [0.29, 0.717) is 23.0 Å². The predicted octanol–water partition coefficient (Wildman–Crippen LogP) is 7.96. The van der Waals surface area contributed by atoms with Crippen molar-refractivity contribution in [2.45, 2.75) is 115 Å². The highest BCUT2D eigenvalue weighted by Gasteiger charge is 2.25. The van der Waals surface area contributed by atoms with Gasteiger partial charge in [0.2, 0.25) is 11.5 Å². The number of rotatable bonds is 6. The van der Waals surface area contributed by atoms with Gasteiger partial charge in [-0.1, -0.05) is 11.8 Å². The van der Waals surface area contributed by atoms with Crippen LogP contribution < -0.4 is 18.9 Å². The van der Waals surface area contributed by atoms with Crippen LogP contribution in [-0.2, 0) is 0 Å². The average molecular weight is 507 g/mol. The molecule has 0 saturated heterocycles. The van der Waals surface area contributed by atoms with Gasteiger partial charge >= 0.3 is 0 Å². The molecule has 0 amide bonds. The molecule has 0 saturated carbocycles. The number of aromatic hydroxyl groups is 2. The van der Waals surface area contributed by atoms with Crippen LogP contribution in [0, 0.1) is 0 Å². The predicted molar refractivity (Wildman–Crippen MR) is 142 cm³/mol. The second kappa shape index (κ2) is 9.92. The third-order valence-corrected chi connectivity index (χ3v) is 4.87. The molecule has 0 aliphatic carbocycles. The molecule has 7 heteroatoms. The summed E-state index contributed by atoms with van der Waals surface area (Å²) >= 11 is 1.42. The lowest BCUT2D eigenvalue weighted by molar-refractivity contribution is 0.110. The molecule has 196 valence electrons. The highest BCUT2D eigenvalue weighted by molar-refractivity contribution is 7.99. The normalized spacial score (nSPS) is 12.9. The van der Waals surface area contributed by atoms with Crippen LogP contribution in [0.1, 0.15) is 83.1 Å². The Hall–Kier alpha value is -2.41. The van der Waals surface area contributed by atoms with Gasteiger partial charge in [0, 0.05) is 9.79 Å². The van der Waals surface area contributed by atoms with Gasteiger partial charge in [0.1, 0.15) is 22.4 Å². The minimum Gasteiger partial charge on any atom is -0.502 e. The number of phenolic OH excluding ortho intramolecular Hbond substituents is 2. The van der Waals surface area contributed by atoms with Gasteiger partial charge in [-0.25, -0.2) is 0 Å². The lowest BCUT2D eigenvalue weighted by Crippen LogP contribution is -2.24. The van der Waals surface area contributed by atoms with E-state index >= 15 is 0 Å². The number of phenols is 2. The van der Waals surface area contributed by atoms with Crippen LogP contribution in [0.4, 0.5) is 0 Å². The molecular formula is C28H42O6S. The molecule has 0 aliphatic rings. The Morgan fingerprint density at radius 1 is 0.457 bits per heavy atom. The molecular weight excluding hydrogens is 464 g/mol. The van der Waals surface area contributed by atoms with Crippen LogP contribution in [0.5, 0.6) is 34.5 Å². The molecule has 2 aromatic carbocycles. The fraction of sp³-hybridized carbons (Fsp3) is 0.571. The fourth-order valence-corrected chi connectivity index (χ4v) is 3.94. The molecule has 2 N–H and O–H groups in total. The molecule has 0 heterocycles. The van der Waals surface area contributed by atoms with Crippen molar-refractivity contribution in [1.82, 2.24) is 0 Å². The van der Waals surface area contributed by atoms with Crippen molar-refractivity contribution in [1.29, 1.82) is 0 Å². The summed E-state index contributed by atoms with van der Waals surface area (Å²) in [4.78, 5) is 1.57. The van der Waals surface area contributed by atoms with Crippen molar-refractivity contribution < 1.29 is 29.2 Å². The standard InChI is InChI=1S/C28H42O6S/c1-25(2,3)31-19-13-17(14-20(23(19)29)32-26(4,5)6)35-18-15-21(33-27(7,8)9)24(30)22(16-18)34-28(10,11)12/h13-16,29-30H,1-12H3. The van der Waals surface area contributed by atoms with Gasteiger partial charge in [0.25, 0.3) is 0 Å². The quantitative estimate of drug-likeness (QED) is 0.411. The molecule has 0 aromatic heterocycles. The van der Waals surface area contributed by atoms with Crippen LogP contribution >= 0.6 is 11.8 Å². The van der Waals surface area contributed by atoms with Crippen molar-refractivity contribution in [2.75, 3.05) is 0 Å². The zero-order valence-corrected chi connectivity index (χ0v) is 24.1. The van der Waals surface area contributed by atoms with Gasteiger partial charge in [0.05, 0.1) is 0 Å². The van der Waals surface area contributed by atoms with Gasteiger partial charge in [-0.2, -0.15) is 0 Å². The Labute approximate surface area is 214 Å². The Morgan fingerprint density at radius 2 is 0.657 bits per heavy atom. The third kappa shape index (κ3) is 9.63. The minimum absolute atomic E-state index is 0.0431. The molecule has 0 fully saturated rings. The van der Waals surface area contributed by atoms with E-state index in [-0.39, 0.29) is 11.5 Å². The summed E-state index contributed by atoms with van der Waals surface area (Å²) in [7, 11) is 0. The summed E-state index contributed by atoms with van der Waals surface area (Å²) in [5.41, 5.74) is -2.06. The molecule has 2 rings (SSSR count). The smallest absolute Gasteiger partial charge is 0.200 e. The van der Waals surface area contributed by atoms with Gasteiger partial charge < -0.3 is 29.2 Å². The van der Waals surface area contributed by atoms with Gasteiger partial charge in [-0.05, 0) is 107 Å². The van der Waals surface area contributed by atoms with E-state index in [1.165, 1.54) is 11.8 Å². The van der Waals surface area contributed by atoms with Crippen molar-refractivity contribution in [3.8, 4) is 34.5 Å². The lowest BCUT2D eigenvalue weighted by atomic mass is 10.1. The van der Waals surface area contributed by atoms with Crippen molar-refractivity contribution in [3.05, 3.63) is 24.3 Å². The second-order valence-electron chi connectivity index (χ2n) is 12.5. The first-order valence-electron chi connectivity index (χ1n) is 11.8. The molecule has 2 aromatic rings. The van der Waals surface area contributed by atoms with Gasteiger partial charge in [-0.3, -0.25) is 0 Å². The zero-order valence-electron chi connectivity index (χ0n) is 23.2. The Balaban J connectivity index is 2.60. The van der Waals surface area contributed by atoms with Crippen LogP contribution in [0.25, 0.3) is 0 Å². The number of hydrogen-bond donors (Lipinski definition) is 2. The maximum absolute atomic E-state index is 10.9. The molecule has 0 atom stereocenters.